The van der Waals surface area contributed by atoms with Crippen LogP contribution in [0.25, 0.3) is 0 Å². The molecule has 1 unspecified atom stereocenters. The minimum atomic E-state index is 0.0366. The summed E-state index contributed by atoms with van der Waals surface area (Å²) in [6.07, 6.45) is 0. The number of aliphatic hydroxyl groups is 1. The van der Waals surface area contributed by atoms with E-state index in [-0.39, 0.29) is 12.6 Å². The standard InChI is InChI=1S/C13H13Cl2NOS/c1-8(11-6-12(14)18-13(11)15)16-10-4-2-3-9(5-10)7-17/h2-6,8,16-17H,7H2,1H3. The van der Waals surface area contributed by atoms with E-state index >= 15 is 0 Å². The van der Waals surface area contributed by atoms with Gasteiger partial charge in [-0.25, -0.2) is 0 Å². The van der Waals surface area contributed by atoms with Gasteiger partial charge in [-0.15, -0.1) is 11.3 Å². The number of anilines is 1. The molecule has 0 aliphatic carbocycles. The van der Waals surface area contributed by atoms with Crippen LogP contribution in [0.5, 0.6) is 0 Å². The van der Waals surface area contributed by atoms with Crippen molar-refractivity contribution >= 4 is 40.2 Å². The highest BCUT2D eigenvalue weighted by Gasteiger charge is 2.13. The second-order valence-corrected chi connectivity index (χ2v) is 6.29. The van der Waals surface area contributed by atoms with Gasteiger partial charge in [0, 0.05) is 11.3 Å². The number of halogens is 2. The van der Waals surface area contributed by atoms with Gasteiger partial charge in [-0.05, 0) is 30.7 Å². The molecule has 1 aromatic carbocycles. The summed E-state index contributed by atoms with van der Waals surface area (Å²) in [5.41, 5.74) is 2.81. The van der Waals surface area contributed by atoms with E-state index < -0.39 is 0 Å². The fourth-order valence-electron chi connectivity index (χ4n) is 1.74. The summed E-state index contributed by atoms with van der Waals surface area (Å²) >= 11 is 13.4. The number of hydrogen-bond acceptors (Lipinski definition) is 3. The van der Waals surface area contributed by atoms with Gasteiger partial charge in [0.05, 0.1) is 21.3 Å². The molecule has 2 aromatic rings. The summed E-state index contributed by atoms with van der Waals surface area (Å²) in [4.78, 5) is 0. The van der Waals surface area contributed by atoms with Crippen molar-refractivity contribution in [2.75, 3.05) is 5.32 Å². The summed E-state index contributed by atoms with van der Waals surface area (Å²) < 4.78 is 1.39. The lowest BCUT2D eigenvalue weighted by Gasteiger charge is -2.15. The van der Waals surface area contributed by atoms with Crippen LogP contribution in [0.2, 0.25) is 8.67 Å². The Morgan fingerprint density at radius 1 is 1.33 bits per heavy atom. The molecule has 0 fully saturated rings. The van der Waals surface area contributed by atoms with Crippen LogP contribution < -0.4 is 5.32 Å². The smallest absolute Gasteiger partial charge is 0.0996 e. The first-order chi connectivity index (χ1) is 8.60. The van der Waals surface area contributed by atoms with Crippen molar-refractivity contribution in [1.29, 1.82) is 0 Å². The van der Waals surface area contributed by atoms with Gasteiger partial charge in [-0.1, -0.05) is 35.3 Å². The maximum absolute atomic E-state index is 9.10. The van der Waals surface area contributed by atoms with Crippen LogP contribution >= 0.6 is 34.5 Å². The Hall–Kier alpha value is -0.740. The zero-order valence-electron chi connectivity index (χ0n) is 9.78. The highest BCUT2D eigenvalue weighted by molar-refractivity contribution is 7.20. The van der Waals surface area contributed by atoms with Gasteiger partial charge in [-0.3, -0.25) is 0 Å². The number of hydrogen-bond donors (Lipinski definition) is 2. The SMILES string of the molecule is CC(Nc1cccc(CO)c1)c1cc(Cl)sc1Cl. The fourth-order valence-corrected chi connectivity index (χ4v) is 3.38. The first-order valence-corrected chi connectivity index (χ1v) is 7.08. The average molecular weight is 302 g/mol. The van der Waals surface area contributed by atoms with Crippen LogP contribution in [0.1, 0.15) is 24.1 Å². The molecular weight excluding hydrogens is 289 g/mol. The summed E-state index contributed by atoms with van der Waals surface area (Å²) in [6, 6.07) is 9.60. The van der Waals surface area contributed by atoms with Crippen molar-refractivity contribution in [2.45, 2.75) is 19.6 Å². The zero-order valence-corrected chi connectivity index (χ0v) is 12.1. The van der Waals surface area contributed by atoms with E-state index in [0.717, 1.165) is 16.8 Å². The maximum Gasteiger partial charge on any atom is 0.0996 e. The molecule has 96 valence electrons. The molecular formula is C13H13Cl2NOS. The molecule has 0 amide bonds. The van der Waals surface area contributed by atoms with Crippen molar-refractivity contribution in [3.63, 3.8) is 0 Å². The Balaban J connectivity index is 2.15. The molecule has 1 aromatic heterocycles. The Labute approximate surface area is 120 Å². The zero-order chi connectivity index (χ0) is 13.1. The molecule has 1 atom stereocenters. The molecule has 0 aliphatic rings. The van der Waals surface area contributed by atoms with Crippen LogP contribution in [-0.2, 0) is 6.61 Å². The lowest BCUT2D eigenvalue weighted by Crippen LogP contribution is -2.06. The monoisotopic (exact) mass is 301 g/mol. The maximum atomic E-state index is 9.10. The molecule has 1 heterocycles. The summed E-state index contributed by atoms with van der Waals surface area (Å²) in [5.74, 6) is 0. The number of aliphatic hydroxyl groups excluding tert-OH is 1. The molecule has 0 radical (unpaired) electrons. The number of nitrogens with one attached hydrogen (secondary N) is 1. The van der Waals surface area contributed by atoms with Crippen molar-refractivity contribution in [3.8, 4) is 0 Å². The molecule has 2 nitrogen and oxygen atoms in total. The highest BCUT2D eigenvalue weighted by atomic mass is 35.5. The molecule has 0 aliphatic heterocycles. The van der Waals surface area contributed by atoms with E-state index in [1.165, 1.54) is 11.3 Å². The molecule has 2 rings (SSSR count). The largest absolute Gasteiger partial charge is 0.392 e. The van der Waals surface area contributed by atoms with Gasteiger partial charge >= 0.3 is 0 Å². The van der Waals surface area contributed by atoms with Gasteiger partial charge in [0.2, 0.25) is 0 Å². The first kappa shape index (κ1) is 13.7. The van der Waals surface area contributed by atoms with Gasteiger partial charge in [-0.2, -0.15) is 0 Å². The Morgan fingerprint density at radius 3 is 2.72 bits per heavy atom. The topological polar surface area (TPSA) is 32.3 Å². The third-order valence-corrected chi connectivity index (χ3v) is 4.16. The van der Waals surface area contributed by atoms with Gasteiger partial charge in [0.15, 0.2) is 0 Å². The van der Waals surface area contributed by atoms with Gasteiger partial charge < -0.3 is 10.4 Å². The molecule has 0 saturated carbocycles. The third-order valence-electron chi connectivity index (χ3n) is 2.64. The normalized spacial score (nSPS) is 12.4. The van der Waals surface area contributed by atoms with Crippen LogP contribution in [0.4, 0.5) is 5.69 Å². The molecule has 2 N–H and O–H groups in total. The second-order valence-electron chi connectivity index (χ2n) is 4.00. The Kier molecular flexibility index (Phi) is 4.51. The molecule has 5 heteroatoms. The van der Waals surface area contributed by atoms with E-state index in [1.54, 1.807) is 0 Å². The van der Waals surface area contributed by atoms with Crippen molar-refractivity contribution in [2.24, 2.45) is 0 Å². The van der Waals surface area contributed by atoms with Gasteiger partial charge in [0.1, 0.15) is 0 Å². The van der Waals surface area contributed by atoms with E-state index in [4.69, 9.17) is 28.3 Å². The molecule has 0 saturated heterocycles. The minimum absolute atomic E-state index is 0.0366. The molecule has 0 spiro atoms. The fraction of sp³-hybridized carbons (Fsp3) is 0.231. The second kappa shape index (κ2) is 5.93. The quantitative estimate of drug-likeness (QED) is 0.856. The number of benzene rings is 1. The van der Waals surface area contributed by atoms with Crippen molar-refractivity contribution in [1.82, 2.24) is 0 Å². The van der Waals surface area contributed by atoms with Crippen LogP contribution in [0, 0.1) is 0 Å². The first-order valence-electron chi connectivity index (χ1n) is 5.51. The molecule has 0 bridgehead atoms. The predicted molar refractivity (Wildman–Crippen MR) is 78.7 cm³/mol. The summed E-state index contributed by atoms with van der Waals surface area (Å²) in [7, 11) is 0. The van der Waals surface area contributed by atoms with E-state index in [1.807, 2.05) is 37.3 Å². The van der Waals surface area contributed by atoms with E-state index in [2.05, 4.69) is 5.32 Å². The van der Waals surface area contributed by atoms with Crippen LogP contribution in [0.3, 0.4) is 0 Å². The average Bonchev–Trinajstić information content (AvgIpc) is 2.69. The Morgan fingerprint density at radius 2 is 2.11 bits per heavy atom. The van der Waals surface area contributed by atoms with Gasteiger partial charge in [0.25, 0.3) is 0 Å². The molecule has 18 heavy (non-hydrogen) atoms. The lowest BCUT2D eigenvalue weighted by molar-refractivity contribution is 0.282. The van der Waals surface area contributed by atoms with Crippen LogP contribution in [0.15, 0.2) is 30.3 Å². The number of rotatable bonds is 4. The number of thiophene rings is 1. The third kappa shape index (κ3) is 3.18. The predicted octanol–water partition coefficient (Wildman–Crippen LogP) is 4.72. The Bertz CT molecular complexity index is 542. The van der Waals surface area contributed by atoms with Crippen molar-refractivity contribution in [3.05, 3.63) is 50.1 Å². The minimum Gasteiger partial charge on any atom is -0.392 e. The van der Waals surface area contributed by atoms with Crippen molar-refractivity contribution < 1.29 is 5.11 Å². The van der Waals surface area contributed by atoms with E-state index in [9.17, 15) is 0 Å². The van der Waals surface area contributed by atoms with E-state index in [0.29, 0.717) is 8.67 Å². The summed E-state index contributed by atoms with van der Waals surface area (Å²) in [6.45, 7) is 2.06. The lowest BCUT2D eigenvalue weighted by atomic mass is 10.1. The van der Waals surface area contributed by atoms with Crippen LogP contribution in [-0.4, -0.2) is 5.11 Å². The summed E-state index contributed by atoms with van der Waals surface area (Å²) in [5, 5.41) is 12.4. The highest BCUT2D eigenvalue weighted by Crippen LogP contribution is 2.36.